The van der Waals surface area contributed by atoms with Crippen LogP contribution in [0.4, 0.5) is 5.69 Å². The van der Waals surface area contributed by atoms with Crippen molar-refractivity contribution in [3.63, 3.8) is 0 Å². The van der Waals surface area contributed by atoms with Gasteiger partial charge in [0.15, 0.2) is 0 Å². The molecule has 1 aromatic rings. The average molecular weight is 277 g/mol. The van der Waals surface area contributed by atoms with E-state index in [0.717, 1.165) is 25.2 Å². The van der Waals surface area contributed by atoms with E-state index < -0.39 is 0 Å². The van der Waals surface area contributed by atoms with Gasteiger partial charge in [-0.05, 0) is 51.9 Å². The Labute approximate surface area is 120 Å². The van der Waals surface area contributed by atoms with Crippen LogP contribution in [0.15, 0.2) is 24.3 Å². The van der Waals surface area contributed by atoms with E-state index in [0.29, 0.717) is 12.3 Å². The third kappa shape index (κ3) is 4.28. The molecular weight excluding hydrogens is 254 g/mol. The molecule has 1 aliphatic rings. The summed E-state index contributed by atoms with van der Waals surface area (Å²) in [7, 11) is 2.17. The third-order valence-corrected chi connectivity index (χ3v) is 3.91. The zero-order valence-electron chi connectivity index (χ0n) is 12.0. The van der Waals surface area contributed by atoms with Crippen molar-refractivity contribution < 1.29 is 4.92 Å². The Morgan fingerprint density at radius 2 is 2.25 bits per heavy atom. The van der Waals surface area contributed by atoms with Gasteiger partial charge in [-0.2, -0.15) is 0 Å². The largest absolute Gasteiger partial charge is 0.316 e. The SMILES string of the molecule is CN1CCCC(CNCCc2ccccc2[N+](=O)[O-])C1. The molecule has 1 N–H and O–H groups in total. The van der Waals surface area contributed by atoms with Crippen molar-refractivity contribution in [2.75, 3.05) is 33.2 Å². The van der Waals surface area contributed by atoms with Crippen LogP contribution in [0.5, 0.6) is 0 Å². The Hall–Kier alpha value is -1.46. The van der Waals surface area contributed by atoms with Crippen molar-refractivity contribution in [2.45, 2.75) is 19.3 Å². The summed E-state index contributed by atoms with van der Waals surface area (Å²) in [6, 6.07) is 6.99. The fourth-order valence-electron chi connectivity index (χ4n) is 2.87. The van der Waals surface area contributed by atoms with E-state index in [2.05, 4.69) is 17.3 Å². The molecule has 1 fully saturated rings. The number of para-hydroxylation sites is 1. The fraction of sp³-hybridized carbons (Fsp3) is 0.600. The Morgan fingerprint density at radius 1 is 1.45 bits per heavy atom. The van der Waals surface area contributed by atoms with Crippen molar-refractivity contribution in [1.29, 1.82) is 0 Å². The van der Waals surface area contributed by atoms with Gasteiger partial charge in [0, 0.05) is 18.2 Å². The lowest BCUT2D eigenvalue weighted by Gasteiger charge is -2.29. The number of benzene rings is 1. The summed E-state index contributed by atoms with van der Waals surface area (Å²) >= 11 is 0. The van der Waals surface area contributed by atoms with Crippen molar-refractivity contribution in [3.05, 3.63) is 39.9 Å². The molecule has 5 heteroatoms. The smallest absolute Gasteiger partial charge is 0.272 e. The number of hydrogen-bond acceptors (Lipinski definition) is 4. The van der Waals surface area contributed by atoms with Gasteiger partial charge in [-0.15, -0.1) is 0 Å². The predicted molar refractivity (Wildman–Crippen MR) is 79.9 cm³/mol. The summed E-state index contributed by atoms with van der Waals surface area (Å²) in [6.45, 7) is 4.15. The molecule has 1 atom stereocenters. The molecule has 1 unspecified atom stereocenters. The number of nitrogens with one attached hydrogen (secondary N) is 1. The number of piperidine rings is 1. The second kappa shape index (κ2) is 7.36. The van der Waals surface area contributed by atoms with Gasteiger partial charge in [0.25, 0.3) is 5.69 Å². The molecule has 5 nitrogen and oxygen atoms in total. The van der Waals surface area contributed by atoms with Crippen LogP contribution in [0.25, 0.3) is 0 Å². The van der Waals surface area contributed by atoms with Crippen molar-refractivity contribution >= 4 is 5.69 Å². The van der Waals surface area contributed by atoms with Crippen molar-refractivity contribution in [2.24, 2.45) is 5.92 Å². The standard InChI is InChI=1S/C15H23N3O2/c1-17-10-4-5-13(12-17)11-16-9-8-14-6-2-3-7-15(14)18(19)20/h2-3,6-7,13,16H,4-5,8-12H2,1H3. The number of hydrogen-bond donors (Lipinski definition) is 1. The van der Waals surface area contributed by atoms with Crippen LogP contribution < -0.4 is 5.32 Å². The highest BCUT2D eigenvalue weighted by Gasteiger charge is 2.16. The van der Waals surface area contributed by atoms with Gasteiger partial charge in [0.2, 0.25) is 0 Å². The number of nitrogens with zero attached hydrogens (tertiary/aromatic N) is 2. The first-order valence-electron chi connectivity index (χ1n) is 7.28. The van der Waals surface area contributed by atoms with Crippen LogP contribution in [0.1, 0.15) is 18.4 Å². The van der Waals surface area contributed by atoms with Crippen molar-refractivity contribution in [1.82, 2.24) is 10.2 Å². The highest BCUT2D eigenvalue weighted by atomic mass is 16.6. The molecule has 0 saturated carbocycles. The van der Waals surface area contributed by atoms with Crippen LogP contribution in [0, 0.1) is 16.0 Å². The summed E-state index contributed by atoms with van der Waals surface area (Å²) in [5.74, 6) is 0.708. The van der Waals surface area contributed by atoms with Gasteiger partial charge >= 0.3 is 0 Å². The van der Waals surface area contributed by atoms with Gasteiger partial charge in [-0.3, -0.25) is 10.1 Å². The topological polar surface area (TPSA) is 58.4 Å². The summed E-state index contributed by atoms with van der Waals surface area (Å²) in [5, 5.41) is 14.4. The zero-order valence-corrected chi connectivity index (χ0v) is 12.0. The summed E-state index contributed by atoms with van der Waals surface area (Å²) < 4.78 is 0. The van der Waals surface area contributed by atoms with Crippen molar-refractivity contribution in [3.8, 4) is 0 Å². The van der Waals surface area contributed by atoms with Crippen LogP contribution in [-0.4, -0.2) is 43.0 Å². The minimum atomic E-state index is -0.300. The molecular formula is C15H23N3O2. The molecule has 0 radical (unpaired) electrons. The van der Waals surface area contributed by atoms with Gasteiger partial charge in [0.1, 0.15) is 0 Å². The number of rotatable bonds is 6. The first kappa shape index (κ1) is 14.9. The number of nitro benzene ring substituents is 1. The minimum Gasteiger partial charge on any atom is -0.316 e. The first-order chi connectivity index (χ1) is 9.66. The Balaban J connectivity index is 1.74. The molecule has 110 valence electrons. The summed E-state index contributed by atoms with van der Waals surface area (Å²) in [5.41, 5.74) is 1.04. The number of nitro groups is 1. The van der Waals surface area contributed by atoms with Gasteiger partial charge in [0.05, 0.1) is 4.92 Å². The van der Waals surface area contributed by atoms with E-state index in [4.69, 9.17) is 0 Å². The molecule has 1 aromatic carbocycles. The molecule has 0 spiro atoms. The second-order valence-corrected chi connectivity index (χ2v) is 5.61. The Bertz CT molecular complexity index is 450. The maximum atomic E-state index is 10.9. The van der Waals surface area contributed by atoms with Crippen LogP contribution in [-0.2, 0) is 6.42 Å². The summed E-state index contributed by atoms with van der Waals surface area (Å²) in [4.78, 5) is 13.0. The Kier molecular flexibility index (Phi) is 5.49. The van der Waals surface area contributed by atoms with Gasteiger partial charge in [-0.1, -0.05) is 18.2 Å². The van der Waals surface area contributed by atoms with Gasteiger partial charge in [-0.25, -0.2) is 0 Å². The first-order valence-corrected chi connectivity index (χ1v) is 7.28. The van der Waals surface area contributed by atoms with E-state index in [1.165, 1.54) is 19.4 Å². The van der Waals surface area contributed by atoms with E-state index in [1.54, 1.807) is 12.1 Å². The lowest BCUT2D eigenvalue weighted by Crippen LogP contribution is -2.37. The zero-order chi connectivity index (χ0) is 14.4. The summed E-state index contributed by atoms with van der Waals surface area (Å²) in [6.07, 6.45) is 3.26. The maximum absolute atomic E-state index is 10.9. The molecule has 2 rings (SSSR count). The van der Waals surface area contributed by atoms with E-state index >= 15 is 0 Å². The third-order valence-electron chi connectivity index (χ3n) is 3.91. The normalized spacial score (nSPS) is 19.9. The Morgan fingerprint density at radius 3 is 3.00 bits per heavy atom. The molecule has 0 aromatic heterocycles. The van der Waals surface area contributed by atoms with Crippen LogP contribution in [0.3, 0.4) is 0 Å². The molecule has 1 saturated heterocycles. The maximum Gasteiger partial charge on any atom is 0.272 e. The van der Waals surface area contributed by atoms with Crippen LogP contribution in [0.2, 0.25) is 0 Å². The second-order valence-electron chi connectivity index (χ2n) is 5.61. The monoisotopic (exact) mass is 277 g/mol. The van der Waals surface area contributed by atoms with Crippen LogP contribution >= 0.6 is 0 Å². The fourth-order valence-corrected chi connectivity index (χ4v) is 2.87. The molecule has 0 aliphatic carbocycles. The molecule has 0 bridgehead atoms. The highest BCUT2D eigenvalue weighted by molar-refractivity contribution is 5.39. The molecule has 1 heterocycles. The van der Waals surface area contributed by atoms with Gasteiger partial charge < -0.3 is 10.2 Å². The quantitative estimate of drug-likeness (QED) is 0.491. The molecule has 20 heavy (non-hydrogen) atoms. The highest BCUT2D eigenvalue weighted by Crippen LogP contribution is 2.18. The van der Waals surface area contributed by atoms with E-state index in [9.17, 15) is 10.1 Å². The molecule has 0 amide bonds. The minimum absolute atomic E-state index is 0.228. The number of likely N-dealkylation sites (tertiary alicyclic amines) is 1. The lowest BCUT2D eigenvalue weighted by atomic mass is 9.98. The predicted octanol–water partition coefficient (Wildman–Crippen LogP) is 2.07. The lowest BCUT2D eigenvalue weighted by molar-refractivity contribution is -0.385. The molecule has 1 aliphatic heterocycles. The van der Waals surface area contributed by atoms with E-state index in [1.807, 2.05) is 12.1 Å². The van der Waals surface area contributed by atoms with E-state index in [-0.39, 0.29) is 10.6 Å². The average Bonchev–Trinajstić information content (AvgIpc) is 2.44.